The fourth-order valence-electron chi connectivity index (χ4n) is 1.44. The Morgan fingerprint density at radius 3 is 1.93 bits per heavy atom. The molecule has 0 aromatic carbocycles. The molecule has 1 heterocycles. The third-order valence-electron chi connectivity index (χ3n) is 2.75. The molecular formula is C10H19IN4. The summed E-state index contributed by atoms with van der Waals surface area (Å²) < 4.78 is 1.48. The van der Waals surface area contributed by atoms with Crippen molar-refractivity contribution in [1.82, 2.24) is 0 Å². The van der Waals surface area contributed by atoms with Crippen molar-refractivity contribution in [3.05, 3.63) is 20.7 Å². The van der Waals surface area contributed by atoms with Gasteiger partial charge in [0.05, 0.1) is 18.7 Å². The molecule has 0 saturated heterocycles. The fourth-order valence-corrected chi connectivity index (χ4v) is 3.23. The van der Waals surface area contributed by atoms with Crippen molar-refractivity contribution in [2.24, 2.45) is 34.8 Å². The van der Waals surface area contributed by atoms with E-state index in [1.807, 2.05) is 0 Å². The average molecular weight is 322 g/mol. The SMILES string of the molecule is CC(C)[C@@H](C)C1=C(N)C(N)=IC(N)=C1N. The van der Waals surface area contributed by atoms with Crippen LogP contribution in [0.25, 0.3) is 0 Å². The maximum Gasteiger partial charge on any atom is 0.0902 e. The van der Waals surface area contributed by atoms with Gasteiger partial charge in [-0.1, -0.05) is 20.8 Å². The molecule has 86 valence electrons. The third kappa shape index (κ3) is 2.34. The van der Waals surface area contributed by atoms with Crippen LogP contribution in [0.4, 0.5) is 0 Å². The predicted octanol–water partition coefficient (Wildman–Crippen LogP) is 0.651. The van der Waals surface area contributed by atoms with Crippen LogP contribution < -0.4 is 22.9 Å². The largest absolute Gasteiger partial charge is 0.397 e. The molecule has 0 saturated carbocycles. The third-order valence-corrected chi connectivity index (χ3v) is 5.08. The van der Waals surface area contributed by atoms with E-state index in [1.165, 1.54) is 0 Å². The molecule has 0 radical (unpaired) electrons. The van der Waals surface area contributed by atoms with E-state index >= 15 is 0 Å². The van der Waals surface area contributed by atoms with Crippen molar-refractivity contribution < 1.29 is 0 Å². The van der Waals surface area contributed by atoms with Gasteiger partial charge in [0.15, 0.2) is 0 Å². The molecule has 8 N–H and O–H groups in total. The van der Waals surface area contributed by atoms with Crippen LogP contribution in [-0.4, -0.2) is 3.63 Å². The highest BCUT2D eigenvalue weighted by atomic mass is 127. The number of nitrogens with two attached hydrogens (primary N) is 4. The van der Waals surface area contributed by atoms with Gasteiger partial charge < -0.3 is 17.2 Å². The van der Waals surface area contributed by atoms with Gasteiger partial charge in [0, 0.05) is 5.57 Å². The van der Waals surface area contributed by atoms with Crippen LogP contribution >= 0.6 is 20.7 Å². The van der Waals surface area contributed by atoms with Crippen LogP contribution in [0.5, 0.6) is 0 Å². The minimum absolute atomic E-state index is 0.284. The molecule has 5 heteroatoms. The van der Waals surface area contributed by atoms with E-state index in [-0.39, 0.29) is 5.92 Å². The molecule has 1 aliphatic heterocycles. The zero-order valence-electron chi connectivity index (χ0n) is 9.34. The number of hydrogen-bond acceptors (Lipinski definition) is 4. The minimum atomic E-state index is -0.520. The Balaban J connectivity index is 3.27. The van der Waals surface area contributed by atoms with Gasteiger partial charge in [-0.3, -0.25) is 5.73 Å². The second-order valence-electron chi connectivity index (χ2n) is 4.06. The van der Waals surface area contributed by atoms with Gasteiger partial charge in [0.2, 0.25) is 0 Å². The summed E-state index contributed by atoms with van der Waals surface area (Å²) in [5.74, 6) is 0.750. The lowest BCUT2D eigenvalue weighted by atomic mass is 9.87. The Kier molecular flexibility index (Phi) is 3.77. The molecule has 0 amide bonds. The van der Waals surface area contributed by atoms with Gasteiger partial charge in [-0.05, 0) is 32.6 Å². The van der Waals surface area contributed by atoms with E-state index in [0.717, 1.165) is 12.9 Å². The summed E-state index contributed by atoms with van der Waals surface area (Å²) in [6.45, 7) is 6.37. The van der Waals surface area contributed by atoms with Gasteiger partial charge in [-0.2, -0.15) is 0 Å². The average Bonchev–Trinajstić information content (AvgIpc) is 2.15. The molecule has 0 unspecified atom stereocenters. The van der Waals surface area contributed by atoms with E-state index in [2.05, 4.69) is 20.8 Å². The molecule has 0 bridgehead atoms. The molecule has 0 fully saturated rings. The van der Waals surface area contributed by atoms with E-state index < -0.39 is 20.7 Å². The second-order valence-corrected chi connectivity index (χ2v) is 6.93. The Morgan fingerprint density at radius 1 is 0.933 bits per heavy atom. The van der Waals surface area contributed by atoms with Crippen LogP contribution in [0.1, 0.15) is 20.8 Å². The lowest BCUT2D eigenvalue weighted by Gasteiger charge is -2.25. The molecule has 1 rings (SSSR count). The van der Waals surface area contributed by atoms with Crippen molar-refractivity contribution in [3.63, 3.8) is 0 Å². The van der Waals surface area contributed by atoms with Crippen LogP contribution in [0.3, 0.4) is 0 Å². The Morgan fingerprint density at radius 2 is 1.47 bits per heavy atom. The molecule has 0 aromatic heterocycles. The topological polar surface area (TPSA) is 104 Å². The quantitative estimate of drug-likeness (QED) is 0.443. The Labute approximate surface area is 100 Å². The zero-order valence-corrected chi connectivity index (χ0v) is 11.5. The summed E-state index contributed by atoms with van der Waals surface area (Å²) >= 11 is -0.520. The monoisotopic (exact) mass is 322 g/mol. The smallest absolute Gasteiger partial charge is 0.0902 e. The summed E-state index contributed by atoms with van der Waals surface area (Å²) in [7, 11) is 0. The van der Waals surface area contributed by atoms with Crippen molar-refractivity contribution in [2.45, 2.75) is 20.8 Å². The van der Waals surface area contributed by atoms with Gasteiger partial charge in [-0.25, -0.2) is 0 Å². The lowest BCUT2D eigenvalue weighted by molar-refractivity contribution is 0.481. The summed E-state index contributed by atoms with van der Waals surface area (Å²) in [5, 5.41) is 0. The lowest BCUT2D eigenvalue weighted by Crippen LogP contribution is -2.30. The first-order valence-corrected chi connectivity index (χ1v) is 7.04. The molecule has 1 aliphatic rings. The highest BCUT2D eigenvalue weighted by Crippen LogP contribution is 2.32. The van der Waals surface area contributed by atoms with Gasteiger partial charge in [0.1, 0.15) is 0 Å². The van der Waals surface area contributed by atoms with E-state index in [0.29, 0.717) is 17.3 Å². The molecule has 4 nitrogen and oxygen atoms in total. The van der Waals surface area contributed by atoms with Crippen molar-refractivity contribution in [3.8, 4) is 0 Å². The first-order valence-electron chi connectivity index (χ1n) is 4.89. The fraction of sp³-hybridized carbons (Fsp3) is 0.500. The summed E-state index contributed by atoms with van der Waals surface area (Å²) in [5.41, 5.74) is 26.0. The first-order chi connectivity index (χ1) is 6.86. The zero-order chi connectivity index (χ0) is 11.7. The second kappa shape index (κ2) is 4.52. The van der Waals surface area contributed by atoms with Crippen LogP contribution in [-0.2, 0) is 0 Å². The number of halogens is 1. The molecular weight excluding hydrogens is 303 g/mol. The van der Waals surface area contributed by atoms with E-state index in [9.17, 15) is 0 Å². The van der Waals surface area contributed by atoms with E-state index in [1.54, 1.807) is 0 Å². The summed E-state index contributed by atoms with van der Waals surface area (Å²) in [6.07, 6.45) is 0. The van der Waals surface area contributed by atoms with Gasteiger partial charge in [-0.15, -0.1) is 0 Å². The van der Waals surface area contributed by atoms with Crippen molar-refractivity contribution in [1.29, 1.82) is 0 Å². The number of hydrogen-bond donors (Lipinski definition) is 4. The number of rotatable bonds is 2. The maximum atomic E-state index is 5.99. The van der Waals surface area contributed by atoms with Crippen LogP contribution in [0.2, 0.25) is 0 Å². The van der Waals surface area contributed by atoms with Crippen LogP contribution in [0.15, 0.2) is 20.7 Å². The Bertz CT molecular complexity index is 366. The normalized spacial score (nSPS) is 20.2. The summed E-state index contributed by atoms with van der Waals surface area (Å²) in [4.78, 5) is 0. The molecule has 1 atom stereocenters. The molecule has 0 aliphatic carbocycles. The highest BCUT2D eigenvalue weighted by Gasteiger charge is 2.24. The van der Waals surface area contributed by atoms with Crippen molar-refractivity contribution >= 4 is 24.4 Å². The number of allylic oxidation sites excluding steroid dienone is 1. The van der Waals surface area contributed by atoms with Crippen LogP contribution in [0, 0.1) is 11.8 Å². The molecule has 0 spiro atoms. The molecule has 15 heavy (non-hydrogen) atoms. The van der Waals surface area contributed by atoms with Gasteiger partial charge in [0.25, 0.3) is 0 Å². The van der Waals surface area contributed by atoms with E-state index in [4.69, 9.17) is 22.9 Å². The minimum Gasteiger partial charge on any atom is -0.397 e. The van der Waals surface area contributed by atoms with Crippen molar-refractivity contribution in [2.75, 3.05) is 0 Å². The Hall–Kier alpha value is -0.560. The van der Waals surface area contributed by atoms with Gasteiger partial charge >= 0.3 is 0 Å². The summed E-state index contributed by atoms with van der Waals surface area (Å²) in [6, 6.07) is 0. The standard InChI is InChI=1S/C10H19IN4/c1-4(2)5(3)6-7(12)9(14)11-10(15)8(6)13/h4-5H,12-15H2,1-3H3/t5-/m1/s1. The highest BCUT2D eigenvalue weighted by molar-refractivity contribution is 14.2. The molecule has 0 aromatic rings. The predicted molar refractivity (Wildman–Crippen MR) is 73.8 cm³/mol. The first kappa shape index (κ1) is 12.5. The maximum absolute atomic E-state index is 5.99.